The Labute approximate surface area is 124 Å². The lowest BCUT2D eigenvalue weighted by atomic mass is 9.83. The molecule has 2 N–H and O–H groups in total. The standard InChI is InChI=1S/C16H22N2OS/c19-11-10-13(12-6-2-1-3-7-12)17-16-18-14-8-4-5-9-15(14)20-16/h4-5,8-9,12-13,19H,1-3,6-7,10-11H2,(H,17,18)/t13-/m0/s1. The molecule has 4 heteroatoms. The summed E-state index contributed by atoms with van der Waals surface area (Å²) in [7, 11) is 0. The summed E-state index contributed by atoms with van der Waals surface area (Å²) in [6.45, 7) is 0.249. The number of aliphatic hydroxyl groups is 1. The van der Waals surface area contributed by atoms with Crippen LogP contribution in [-0.4, -0.2) is 22.7 Å². The minimum Gasteiger partial charge on any atom is -0.396 e. The molecule has 108 valence electrons. The van der Waals surface area contributed by atoms with Crippen LogP contribution in [0.4, 0.5) is 5.13 Å². The molecule has 1 atom stereocenters. The van der Waals surface area contributed by atoms with E-state index in [1.165, 1.54) is 36.8 Å². The first kappa shape index (κ1) is 13.8. The predicted octanol–water partition coefficient (Wildman–Crippen LogP) is 4.04. The van der Waals surface area contributed by atoms with Gasteiger partial charge >= 0.3 is 0 Å². The number of para-hydroxylation sites is 1. The van der Waals surface area contributed by atoms with Crippen molar-refractivity contribution in [2.24, 2.45) is 5.92 Å². The number of aromatic nitrogens is 1. The van der Waals surface area contributed by atoms with Gasteiger partial charge in [-0.3, -0.25) is 0 Å². The second-order valence-electron chi connectivity index (χ2n) is 5.65. The van der Waals surface area contributed by atoms with Crippen LogP contribution in [0.3, 0.4) is 0 Å². The highest BCUT2D eigenvalue weighted by Gasteiger charge is 2.24. The summed E-state index contributed by atoms with van der Waals surface area (Å²) in [5.74, 6) is 0.683. The Morgan fingerprint density at radius 2 is 2.05 bits per heavy atom. The molecule has 0 radical (unpaired) electrons. The number of rotatable bonds is 5. The number of fused-ring (bicyclic) bond motifs is 1. The molecule has 0 saturated heterocycles. The molecule has 0 spiro atoms. The summed E-state index contributed by atoms with van der Waals surface area (Å²) in [6, 6.07) is 8.61. The predicted molar refractivity (Wildman–Crippen MR) is 85.3 cm³/mol. The van der Waals surface area contributed by atoms with Gasteiger partial charge in [-0.15, -0.1) is 0 Å². The minimum absolute atomic E-state index is 0.249. The molecule has 0 unspecified atom stereocenters. The van der Waals surface area contributed by atoms with E-state index in [9.17, 15) is 5.11 Å². The van der Waals surface area contributed by atoms with E-state index >= 15 is 0 Å². The molecule has 3 nitrogen and oxygen atoms in total. The van der Waals surface area contributed by atoms with Gasteiger partial charge in [-0.2, -0.15) is 0 Å². The Hall–Kier alpha value is -1.13. The fraction of sp³-hybridized carbons (Fsp3) is 0.562. The Bertz CT molecular complexity index is 515. The van der Waals surface area contributed by atoms with E-state index in [0.717, 1.165) is 17.1 Å². The third kappa shape index (κ3) is 3.13. The average molecular weight is 290 g/mol. The van der Waals surface area contributed by atoms with Crippen molar-refractivity contribution in [1.82, 2.24) is 4.98 Å². The van der Waals surface area contributed by atoms with Crippen LogP contribution >= 0.6 is 11.3 Å². The second-order valence-corrected chi connectivity index (χ2v) is 6.68. The van der Waals surface area contributed by atoms with Gasteiger partial charge in [0, 0.05) is 12.6 Å². The Balaban J connectivity index is 1.74. The van der Waals surface area contributed by atoms with Crippen LogP contribution in [0.15, 0.2) is 24.3 Å². The van der Waals surface area contributed by atoms with Crippen molar-refractivity contribution in [2.45, 2.75) is 44.6 Å². The normalized spacial score (nSPS) is 18.2. The van der Waals surface area contributed by atoms with Crippen molar-refractivity contribution in [3.05, 3.63) is 24.3 Å². The van der Waals surface area contributed by atoms with E-state index < -0.39 is 0 Å². The third-order valence-corrected chi connectivity index (χ3v) is 5.23. The van der Waals surface area contributed by atoms with Crippen molar-refractivity contribution in [3.63, 3.8) is 0 Å². The van der Waals surface area contributed by atoms with Crippen molar-refractivity contribution in [1.29, 1.82) is 0 Å². The van der Waals surface area contributed by atoms with E-state index in [0.29, 0.717) is 12.0 Å². The highest BCUT2D eigenvalue weighted by molar-refractivity contribution is 7.22. The van der Waals surface area contributed by atoms with Gasteiger partial charge in [-0.1, -0.05) is 42.7 Å². The lowest BCUT2D eigenvalue weighted by Gasteiger charge is -2.30. The Morgan fingerprint density at radius 1 is 1.25 bits per heavy atom. The molecular formula is C16H22N2OS. The fourth-order valence-electron chi connectivity index (χ4n) is 3.19. The zero-order valence-electron chi connectivity index (χ0n) is 11.7. The average Bonchev–Trinajstić information content (AvgIpc) is 2.90. The lowest BCUT2D eigenvalue weighted by molar-refractivity contribution is 0.239. The first-order valence-corrected chi connectivity index (χ1v) is 8.41. The smallest absolute Gasteiger partial charge is 0.184 e. The summed E-state index contributed by atoms with van der Waals surface area (Å²) in [6.07, 6.45) is 7.40. The molecule has 1 aliphatic rings. The number of hydrogen-bond acceptors (Lipinski definition) is 4. The summed E-state index contributed by atoms with van der Waals surface area (Å²) in [5.41, 5.74) is 1.06. The van der Waals surface area contributed by atoms with E-state index in [-0.39, 0.29) is 6.61 Å². The maximum Gasteiger partial charge on any atom is 0.184 e. The fourth-order valence-corrected chi connectivity index (χ4v) is 4.12. The van der Waals surface area contributed by atoms with Gasteiger partial charge in [0.2, 0.25) is 0 Å². The lowest BCUT2D eigenvalue weighted by Crippen LogP contribution is -2.31. The minimum atomic E-state index is 0.249. The van der Waals surface area contributed by atoms with E-state index in [4.69, 9.17) is 0 Å². The van der Waals surface area contributed by atoms with E-state index in [2.05, 4.69) is 28.5 Å². The highest BCUT2D eigenvalue weighted by Crippen LogP contribution is 2.32. The van der Waals surface area contributed by atoms with Crippen molar-refractivity contribution < 1.29 is 5.11 Å². The van der Waals surface area contributed by atoms with Gasteiger partial charge in [0.05, 0.1) is 10.2 Å². The Morgan fingerprint density at radius 3 is 2.80 bits per heavy atom. The van der Waals surface area contributed by atoms with Crippen molar-refractivity contribution in [2.75, 3.05) is 11.9 Å². The number of anilines is 1. The van der Waals surface area contributed by atoms with Crippen LogP contribution in [0, 0.1) is 5.92 Å². The summed E-state index contributed by atoms with van der Waals surface area (Å²) in [4.78, 5) is 4.66. The van der Waals surface area contributed by atoms with Crippen LogP contribution in [-0.2, 0) is 0 Å². The number of thiazole rings is 1. The highest BCUT2D eigenvalue weighted by atomic mass is 32.1. The molecular weight excluding hydrogens is 268 g/mol. The van der Waals surface area contributed by atoms with Crippen molar-refractivity contribution >= 4 is 26.7 Å². The van der Waals surface area contributed by atoms with Crippen LogP contribution in [0.1, 0.15) is 38.5 Å². The van der Waals surface area contributed by atoms with Crippen LogP contribution in [0.5, 0.6) is 0 Å². The van der Waals surface area contributed by atoms with E-state index in [1.54, 1.807) is 11.3 Å². The van der Waals surface area contributed by atoms with E-state index in [1.807, 2.05) is 6.07 Å². The Kier molecular flexibility index (Phi) is 4.53. The van der Waals surface area contributed by atoms with Gasteiger partial charge in [0.15, 0.2) is 5.13 Å². The maximum atomic E-state index is 9.33. The van der Waals surface area contributed by atoms with Gasteiger partial charge in [0.25, 0.3) is 0 Å². The number of hydrogen-bond donors (Lipinski definition) is 2. The molecule has 0 aliphatic heterocycles. The number of benzene rings is 1. The molecule has 1 aromatic heterocycles. The third-order valence-electron chi connectivity index (χ3n) is 4.26. The molecule has 0 bridgehead atoms. The molecule has 1 saturated carbocycles. The molecule has 1 heterocycles. The SMILES string of the molecule is OCC[C@H](Nc1nc2ccccc2s1)C1CCCCC1. The van der Waals surface area contributed by atoms with Crippen molar-refractivity contribution in [3.8, 4) is 0 Å². The number of aliphatic hydroxyl groups excluding tert-OH is 1. The van der Waals surface area contributed by atoms with Crippen LogP contribution in [0.25, 0.3) is 10.2 Å². The molecule has 1 fully saturated rings. The van der Waals surface area contributed by atoms with Crippen LogP contribution < -0.4 is 5.32 Å². The van der Waals surface area contributed by atoms with Gasteiger partial charge in [-0.25, -0.2) is 4.98 Å². The van der Waals surface area contributed by atoms with Gasteiger partial charge in [0.1, 0.15) is 0 Å². The molecule has 20 heavy (non-hydrogen) atoms. The summed E-state index contributed by atoms with van der Waals surface area (Å²) in [5, 5.41) is 13.9. The molecule has 2 aromatic rings. The zero-order chi connectivity index (χ0) is 13.8. The molecule has 1 aliphatic carbocycles. The first-order valence-electron chi connectivity index (χ1n) is 7.60. The monoisotopic (exact) mass is 290 g/mol. The molecule has 1 aromatic carbocycles. The maximum absolute atomic E-state index is 9.33. The second kappa shape index (κ2) is 6.55. The summed E-state index contributed by atoms with van der Waals surface area (Å²) >= 11 is 1.71. The molecule has 3 rings (SSSR count). The number of nitrogens with zero attached hydrogens (tertiary/aromatic N) is 1. The van der Waals surface area contributed by atoms with Gasteiger partial charge < -0.3 is 10.4 Å². The first-order chi connectivity index (χ1) is 9.86. The quantitative estimate of drug-likeness (QED) is 0.873. The van der Waals surface area contributed by atoms with Crippen LogP contribution in [0.2, 0.25) is 0 Å². The number of nitrogens with one attached hydrogen (secondary N) is 1. The zero-order valence-corrected chi connectivity index (χ0v) is 12.5. The summed E-state index contributed by atoms with van der Waals surface area (Å²) < 4.78 is 1.22. The molecule has 0 amide bonds. The van der Waals surface area contributed by atoms with Gasteiger partial charge in [-0.05, 0) is 37.3 Å². The topological polar surface area (TPSA) is 45.1 Å². The largest absolute Gasteiger partial charge is 0.396 e.